The molecule has 4 nitrogen and oxygen atoms in total. The highest BCUT2D eigenvalue weighted by atomic mass is 32.1. The minimum Gasteiger partial charge on any atom is -0.320 e. The van der Waals surface area contributed by atoms with Gasteiger partial charge in [0, 0.05) is 5.92 Å². The average molecular weight is 467 g/mol. The Morgan fingerprint density at radius 3 is 2.06 bits per heavy atom. The zero-order valence-corrected chi connectivity index (χ0v) is 18.4. The van der Waals surface area contributed by atoms with Gasteiger partial charge in [-0.25, -0.2) is 4.98 Å². The summed E-state index contributed by atoms with van der Waals surface area (Å²) < 4.78 is 79.1. The first-order chi connectivity index (χ1) is 14.1. The predicted octanol–water partition coefficient (Wildman–Crippen LogP) is 6.77. The summed E-state index contributed by atoms with van der Waals surface area (Å²) in [6, 6.07) is 1.72. The van der Waals surface area contributed by atoms with Crippen molar-refractivity contribution in [1.29, 1.82) is 0 Å². The number of carbonyl (C=O) groups is 1. The number of carbonyl (C=O) groups excluding carboxylic acids is 1. The molecule has 0 aromatic carbocycles. The lowest BCUT2D eigenvalue weighted by Crippen LogP contribution is -2.35. The molecule has 2 aromatic rings. The largest absolute Gasteiger partial charge is 0.406 e. The van der Waals surface area contributed by atoms with Crippen molar-refractivity contribution < 1.29 is 31.1 Å². The first kappa shape index (κ1) is 25.1. The Morgan fingerprint density at radius 2 is 1.61 bits per heavy atom. The molecule has 2 rings (SSSR count). The molecule has 0 aliphatic heterocycles. The number of nitrogens with one attached hydrogen (secondary N) is 1. The Labute approximate surface area is 180 Å². The van der Waals surface area contributed by atoms with Crippen LogP contribution in [0.4, 0.5) is 32.0 Å². The van der Waals surface area contributed by atoms with Gasteiger partial charge in [0.2, 0.25) is 0 Å². The molecule has 1 atom stereocenters. The van der Waals surface area contributed by atoms with E-state index in [1.54, 1.807) is 20.8 Å². The normalized spacial score (nSPS) is 13.7. The third kappa shape index (κ3) is 6.18. The third-order valence-corrected chi connectivity index (χ3v) is 5.62. The van der Waals surface area contributed by atoms with Crippen LogP contribution in [0.2, 0.25) is 0 Å². The van der Waals surface area contributed by atoms with Gasteiger partial charge in [-0.3, -0.25) is 9.78 Å². The summed E-state index contributed by atoms with van der Waals surface area (Å²) in [5, 5.41) is 3.24. The first-order valence-electron chi connectivity index (χ1n) is 9.50. The zero-order chi connectivity index (χ0) is 23.7. The molecule has 0 radical (unpaired) electrons. The molecule has 0 spiro atoms. The molecule has 0 saturated heterocycles. The van der Waals surface area contributed by atoms with Gasteiger partial charge in [-0.1, -0.05) is 20.8 Å². The smallest absolute Gasteiger partial charge is 0.320 e. The number of anilines is 1. The maximum atomic E-state index is 13.2. The van der Waals surface area contributed by atoms with Crippen LogP contribution in [0.1, 0.15) is 70.8 Å². The number of pyridine rings is 1. The van der Waals surface area contributed by atoms with Crippen molar-refractivity contribution in [3.8, 4) is 0 Å². The molecule has 0 aliphatic rings. The van der Waals surface area contributed by atoms with Crippen molar-refractivity contribution in [3.05, 3.63) is 39.1 Å². The monoisotopic (exact) mass is 467 g/mol. The van der Waals surface area contributed by atoms with E-state index in [-0.39, 0.29) is 17.3 Å². The number of nitrogens with zero attached hydrogens (tertiary/aromatic N) is 2. The van der Waals surface area contributed by atoms with E-state index < -0.39 is 35.8 Å². The Bertz CT molecular complexity index is 922. The summed E-state index contributed by atoms with van der Waals surface area (Å²) in [6.07, 6.45) is -10.6. The second-order valence-corrected chi connectivity index (χ2v) is 9.02. The molecule has 11 heteroatoms. The van der Waals surface area contributed by atoms with Crippen LogP contribution in [0.3, 0.4) is 0 Å². The summed E-state index contributed by atoms with van der Waals surface area (Å²) in [7, 11) is 0. The number of amides is 1. The summed E-state index contributed by atoms with van der Waals surface area (Å²) >= 11 is 1.14. The summed E-state index contributed by atoms with van der Waals surface area (Å²) in [4.78, 5) is 20.9. The van der Waals surface area contributed by atoms with Gasteiger partial charge in [-0.05, 0) is 38.3 Å². The molecule has 2 aromatic heterocycles. The van der Waals surface area contributed by atoms with Gasteiger partial charge >= 0.3 is 12.4 Å². The quantitative estimate of drug-likeness (QED) is 0.477. The lowest BCUT2D eigenvalue weighted by Gasteiger charge is -2.25. The fourth-order valence-corrected chi connectivity index (χ4v) is 4.21. The molecule has 1 unspecified atom stereocenters. The highest BCUT2D eigenvalue weighted by Gasteiger charge is 2.58. The van der Waals surface area contributed by atoms with Gasteiger partial charge in [0.05, 0.1) is 27.8 Å². The van der Waals surface area contributed by atoms with Crippen LogP contribution in [0.15, 0.2) is 12.1 Å². The van der Waals surface area contributed by atoms with Gasteiger partial charge in [0.25, 0.3) is 5.91 Å². The highest BCUT2D eigenvalue weighted by Crippen LogP contribution is 2.46. The second kappa shape index (κ2) is 9.13. The van der Waals surface area contributed by atoms with Gasteiger partial charge in [-0.2, -0.15) is 26.3 Å². The van der Waals surface area contributed by atoms with Crippen molar-refractivity contribution in [3.63, 3.8) is 0 Å². The second-order valence-electron chi connectivity index (χ2n) is 7.82. The third-order valence-electron chi connectivity index (χ3n) is 4.55. The molecule has 0 saturated carbocycles. The van der Waals surface area contributed by atoms with Gasteiger partial charge in [-0.15, -0.1) is 11.3 Å². The summed E-state index contributed by atoms with van der Waals surface area (Å²) in [5.74, 6) is -4.63. The molecular formula is C20H23F6N3OS. The molecule has 0 fully saturated rings. The SMILES string of the molecule is Cc1nc(C)c(C(=O)Nc2ccc(C(C(F)(F)F)C(F)(F)F)nc2C(C)CC(C)C)s1. The van der Waals surface area contributed by atoms with E-state index in [2.05, 4.69) is 15.3 Å². The van der Waals surface area contributed by atoms with E-state index >= 15 is 0 Å². The van der Waals surface area contributed by atoms with Crippen molar-refractivity contribution in [2.24, 2.45) is 5.92 Å². The summed E-state index contributed by atoms with van der Waals surface area (Å²) in [5.41, 5.74) is -0.601. The van der Waals surface area contributed by atoms with E-state index in [1.165, 1.54) is 0 Å². The molecule has 31 heavy (non-hydrogen) atoms. The Hall–Kier alpha value is -2.17. The maximum Gasteiger partial charge on any atom is 0.406 e. The number of rotatable bonds is 6. The van der Waals surface area contributed by atoms with Crippen LogP contribution < -0.4 is 5.32 Å². The fourth-order valence-electron chi connectivity index (χ4n) is 3.39. The minimum absolute atomic E-state index is 0.0167. The number of alkyl halides is 6. The summed E-state index contributed by atoms with van der Waals surface area (Å²) in [6.45, 7) is 8.75. The van der Waals surface area contributed by atoms with Crippen LogP contribution >= 0.6 is 11.3 Å². The molecule has 1 N–H and O–H groups in total. The molecule has 2 heterocycles. The van der Waals surface area contributed by atoms with Crippen LogP contribution in [-0.4, -0.2) is 28.2 Å². The minimum atomic E-state index is -5.55. The maximum absolute atomic E-state index is 13.2. The Kier molecular flexibility index (Phi) is 7.39. The van der Waals surface area contributed by atoms with Crippen molar-refractivity contribution >= 4 is 22.9 Å². The fraction of sp³-hybridized carbons (Fsp3) is 0.550. The molecule has 1 amide bonds. The lowest BCUT2D eigenvalue weighted by atomic mass is 9.93. The van der Waals surface area contributed by atoms with Gasteiger partial charge in [0.1, 0.15) is 4.88 Å². The van der Waals surface area contributed by atoms with Crippen LogP contribution in [0.25, 0.3) is 0 Å². The zero-order valence-electron chi connectivity index (χ0n) is 17.6. The number of halogens is 6. The first-order valence-corrected chi connectivity index (χ1v) is 10.3. The predicted molar refractivity (Wildman–Crippen MR) is 106 cm³/mol. The Balaban J connectivity index is 2.53. The molecule has 0 bridgehead atoms. The van der Waals surface area contributed by atoms with Gasteiger partial charge in [0.15, 0.2) is 5.92 Å². The van der Waals surface area contributed by atoms with E-state index in [4.69, 9.17) is 0 Å². The van der Waals surface area contributed by atoms with E-state index in [0.29, 0.717) is 28.1 Å². The van der Waals surface area contributed by atoms with Gasteiger partial charge < -0.3 is 5.32 Å². The number of aryl methyl sites for hydroxylation is 2. The number of hydrogen-bond donors (Lipinski definition) is 1. The number of aromatic nitrogens is 2. The standard InChI is InChI=1S/C20H23F6N3OS/c1-9(2)8-10(3)15-13(29-18(30)16-11(4)27-12(5)31-16)6-7-14(28-15)17(19(21,22)23)20(24,25)26/h6-7,9-10,17H,8H2,1-5H3,(H,29,30). The average Bonchev–Trinajstić information content (AvgIpc) is 2.91. The van der Waals surface area contributed by atoms with Crippen LogP contribution in [-0.2, 0) is 0 Å². The number of hydrogen-bond acceptors (Lipinski definition) is 4. The topological polar surface area (TPSA) is 54.9 Å². The van der Waals surface area contributed by atoms with Crippen LogP contribution in [0, 0.1) is 19.8 Å². The molecule has 0 aliphatic carbocycles. The lowest BCUT2D eigenvalue weighted by molar-refractivity contribution is -0.254. The number of thiazole rings is 1. The van der Waals surface area contributed by atoms with Crippen molar-refractivity contribution in [2.75, 3.05) is 5.32 Å². The van der Waals surface area contributed by atoms with Crippen molar-refractivity contribution in [2.45, 2.75) is 65.2 Å². The molecular weight excluding hydrogens is 444 g/mol. The van der Waals surface area contributed by atoms with Crippen molar-refractivity contribution in [1.82, 2.24) is 9.97 Å². The van der Waals surface area contributed by atoms with E-state index in [1.807, 2.05) is 13.8 Å². The highest BCUT2D eigenvalue weighted by molar-refractivity contribution is 7.13. The Morgan fingerprint density at radius 1 is 1.03 bits per heavy atom. The van der Waals surface area contributed by atoms with Crippen LogP contribution in [0.5, 0.6) is 0 Å². The van der Waals surface area contributed by atoms with E-state index in [0.717, 1.165) is 17.4 Å². The molecule has 172 valence electrons. The van der Waals surface area contributed by atoms with E-state index in [9.17, 15) is 31.1 Å².